The molecule has 0 bridgehead atoms. The van der Waals surface area contributed by atoms with Crippen LogP contribution in [-0.2, 0) is 10.2 Å². The summed E-state index contributed by atoms with van der Waals surface area (Å²) in [6.07, 6.45) is 3.82. The highest BCUT2D eigenvalue weighted by molar-refractivity contribution is 7.13. The van der Waals surface area contributed by atoms with Gasteiger partial charge in [0.25, 0.3) is 0 Å². The van der Waals surface area contributed by atoms with Crippen LogP contribution in [0.15, 0.2) is 41.9 Å². The summed E-state index contributed by atoms with van der Waals surface area (Å²) in [6, 6.07) is 10.3. The lowest BCUT2D eigenvalue weighted by molar-refractivity contribution is -0.134. The Balaban J connectivity index is 1.45. The number of anilines is 1. The molecule has 4 nitrogen and oxygen atoms in total. The van der Waals surface area contributed by atoms with Crippen molar-refractivity contribution in [2.75, 3.05) is 31.1 Å². The van der Waals surface area contributed by atoms with Crippen molar-refractivity contribution >= 4 is 22.4 Å². The number of amides is 1. The van der Waals surface area contributed by atoms with Gasteiger partial charge in [0, 0.05) is 37.8 Å². The Hall–Kier alpha value is -1.88. The van der Waals surface area contributed by atoms with Crippen LogP contribution in [0.25, 0.3) is 0 Å². The van der Waals surface area contributed by atoms with Gasteiger partial charge in [0.15, 0.2) is 5.13 Å². The van der Waals surface area contributed by atoms with Gasteiger partial charge in [-0.25, -0.2) is 4.98 Å². The van der Waals surface area contributed by atoms with Gasteiger partial charge in [-0.15, -0.1) is 11.3 Å². The standard InChI is InChI=1S/C17H19N3OS/c21-15(17(6-7-17)14-4-2-1-3-5-14)19-9-11-20(12-10-19)16-18-8-13-22-16/h1-5,8,13H,6-7,9-12H2. The highest BCUT2D eigenvalue weighted by atomic mass is 32.1. The third kappa shape index (κ3) is 2.29. The predicted octanol–water partition coefficient (Wildman–Crippen LogP) is 2.52. The number of rotatable bonds is 3. The lowest BCUT2D eigenvalue weighted by Crippen LogP contribution is -2.51. The molecule has 1 saturated carbocycles. The second kappa shape index (κ2) is 5.39. The molecule has 1 amide bonds. The topological polar surface area (TPSA) is 36.4 Å². The molecule has 2 aromatic rings. The number of nitrogens with zero attached hydrogens (tertiary/aromatic N) is 3. The maximum absolute atomic E-state index is 13.0. The van der Waals surface area contributed by atoms with Crippen molar-refractivity contribution in [3.8, 4) is 0 Å². The van der Waals surface area contributed by atoms with Gasteiger partial charge in [0.05, 0.1) is 5.41 Å². The van der Waals surface area contributed by atoms with Crippen LogP contribution in [0, 0.1) is 0 Å². The minimum absolute atomic E-state index is 0.232. The van der Waals surface area contributed by atoms with Crippen LogP contribution < -0.4 is 4.90 Å². The Morgan fingerprint density at radius 1 is 1.09 bits per heavy atom. The molecule has 1 aromatic carbocycles. The first kappa shape index (κ1) is 13.8. The number of hydrogen-bond acceptors (Lipinski definition) is 4. The van der Waals surface area contributed by atoms with E-state index in [1.807, 2.05) is 34.7 Å². The van der Waals surface area contributed by atoms with Gasteiger partial charge in [0.2, 0.25) is 5.91 Å². The summed E-state index contributed by atoms with van der Waals surface area (Å²) < 4.78 is 0. The van der Waals surface area contributed by atoms with E-state index in [1.54, 1.807) is 11.3 Å². The first-order chi connectivity index (χ1) is 10.8. The molecule has 0 N–H and O–H groups in total. The van der Waals surface area contributed by atoms with Crippen molar-refractivity contribution in [2.24, 2.45) is 0 Å². The lowest BCUT2D eigenvalue weighted by atomic mass is 9.94. The first-order valence-corrected chi connectivity index (χ1v) is 8.67. The van der Waals surface area contributed by atoms with Gasteiger partial charge in [-0.1, -0.05) is 30.3 Å². The Morgan fingerprint density at radius 2 is 1.82 bits per heavy atom. The van der Waals surface area contributed by atoms with Crippen LogP contribution in [0.4, 0.5) is 5.13 Å². The van der Waals surface area contributed by atoms with Gasteiger partial charge in [-0.05, 0) is 18.4 Å². The normalized spacial score (nSPS) is 20.0. The van der Waals surface area contributed by atoms with Gasteiger partial charge in [-0.2, -0.15) is 0 Å². The van der Waals surface area contributed by atoms with Crippen molar-refractivity contribution in [1.82, 2.24) is 9.88 Å². The summed E-state index contributed by atoms with van der Waals surface area (Å²) in [5, 5.41) is 3.07. The van der Waals surface area contributed by atoms with Crippen molar-refractivity contribution in [3.05, 3.63) is 47.5 Å². The Morgan fingerprint density at radius 3 is 2.41 bits per heavy atom. The van der Waals surface area contributed by atoms with Gasteiger partial charge < -0.3 is 9.80 Å². The van der Waals surface area contributed by atoms with E-state index in [2.05, 4.69) is 22.0 Å². The maximum Gasteiger partial charge on any atom is 0.233 e. The second-order valence-corrected chi connectivity index (χ2v) is 6.92. The number of benzene rings is 1. The van der Waals surface area contributed by atoms with Crippen molar-refractivity contribution in [1.29, 1.82) is 0 Å². The van der Waals surface area contributed by atoms with Crippen LogP contribution in [0.1, 0.15) is 18.4 Å². The molecule has 1 aromatic heterocycles. The Kier molecular flexibility index (Phi) is 3.37. The molecule has 1 aliphatic heterocycles. The summed E-state index contributed by atoms with van der Waals surface area (Å²) in [5.74, 6) is 0.317. The van der Waals surface area contributed by atoms with Crippen molar-refractivity contribution < 1.29 is 4.79 Å². The molecule has 5 heteroatoms. The molecule has 0 radical (unpaired) electrons. The summed E-state index contributed by atoms with van der Waals surface area (Å²) in [6.45, 7) is 3.36. The number of aromatic nitrogens is 1. The first-order valence-electron chi connectivity index (χ1n) is 7.79. The highest BCUT2D eigenvalue weighted by Gasteiger charge is 2.53. The van der Waals surface area contributed by atoms with Crippen molar-refractivity contribution in [2.45, 2.75) is 18.3 Å². The van der Waals surface area contributed by atoms with E-state index in [0.29, 0.717) is 5.91 Å². The SMILES string of the molecule is O=C(N1CCN(c2nccs2)CC1)C1(c2ccccc2)CC1. The number of carbonyl (C=O) groups excluding carboxylic acids is 1. The average molecular weight is 313 g/mol. The van der Waals surface area contributed by atoms with Crippen LogP contribution in [0.5, 0.6) is 0 Å². The van der Waals surface area contributed by atoms with Gasteiger partial charge >= 0.3 is 0 Å². The average Bonchev–Trinajstić information content (AvgIpc) is 3.22. The number of carbonyl (C=O) groups is 1. The number of hydrogen-bond donors (Lipinski definition) is 0. The van der Waals surface area contributed by atoms with E-state index in [4.69, 9.17) is 0 Å². The summed E-state index contributed by atoms with van der Waals surface area (Å²) in [5.41, 5.74) is 0.951. The molecule has 0 spiro atoms. The van der Waals surface area contributed by atoms with Crippen LogP contribution in [0.3, 0.4) is 0 Å². The smallest absolute Gasteiger partial charge is 0.233 e. The van der Waals surface area contributed by atoms with E-state index < -0.39 is 0 Å². The molecule has 2 aliphatic rings. The van der Waals surface area contributed by atoms with Crippen LogP contribution >= 0.6 is 11.3 Å². The van der Waals surface area contributed by atoms with Crippen LogP contribution in [0.2, 0.25) is 0 Å². The van der Waals surface area contributed by atoms with E-state index in [1.165, 1.54) is 5.56 Å². The monoisotopic (exact) mass is 313 g/mol. The zero-order chi connectivity index (χ0) is 15.0. The van der Waals surface area contributed by atoms with Crippen molar-refractivity contribution in [3.63, 3.8) is 0 Å². The third-order valence-electron chi connectivity index (χ3n) is 4.74. The van der Waals surface area contributed by atoms with Crippen LogP contribution in [-0.4, -0.2) is 42.0 Å². The summed E-state index contributed by atoms with van der Waals surface area (Å²) in [4.78, 5) is 21.6. The molecular weight excluding hydrogens is 294 g/mol. The van der Waals surface area contributed by atoms with E-state index in [0.717, 1.165) is 44.2 Å². The molecule has 0 unspecified atom stereocenters. The molecule has 1 saturated heterocycles. The quantitative estimate of drug-likeness (QED) is 0.874. The fourth-order valence-corrected chi connectivity index (χ4v) is 3.98. The summed E-state index contributed by atoms with van der Waals surface area (Å²) >= 11 is 1.67. The largest absolute Gasteiger partial charge is 0.345 e. The van der Waals surface area contributed by atoms with E-state index >= 15 is 0 Å². The molecule has 22 heavy (non-hydrogen) atoms. The minimum atomic E-state index is -0.232. The van der Waals surface area contributed by atoms with E-state index in [9.17, 15) is 4.79 Å². The van der Waals surface area contributed by atoms with E-state index in [-0.39, 0.29) is 5.41 Å². The Labute approximate surface area is 134 Å². The molecule has 2 fully saturated rings. The molecule has 114 valence electrons. The molecule has 1 aliphatic carbocycles. The van der Waals surface area contributed by atoms with Gasteiger partial charge in [0.1, 0.15) is 0 Å². The second-order valence-electron chi connectivity index (χ2n) is 6.04. The fourth-order valence-electron chi connectivity index (χ4n) is 3.28. The zero-order valence-electron chi connectivity index (χ0n) is 12.4. The third-order valence-corrected chi connectivity index (χ3v) is 5.57. The molecule has 2 heterocycles. The molecular formula is C17H19N3OS. The van der Waals surface area contributed by atoms with Gasteiger partial charge in [-0.3, -0.25) is 4.79 Å². The molecule has 0 atom stereocenters. The minimum Gasteiger partial charge on any atom is -0.345 e. The Bertz CT molecular complexity index is 644. The number of thiazole rings is 1. The zero-order valence-corrected chi connectivity index (χ0v) is 13.3. The maximum atomic E-state index is 13.0. The number of piperazine rings is 1. The summed E-state index contributed by atoms with van der Waals surface area (Å²) in [7, 11) is 0. The highest BCUT2D eigenvalue weighted by Crippen LogP contribution is 2.49. The fraction of sp³-hybridized carbons (Fsp3) is 0.412. The lowest BCUT2D eigenvalue weighted by Gasteiger charge is -2.36. The molecule has 4 rings (SSSR count). The predicted molar refractivity (Wildman–Crippen MR) is 88.3 cm³/mol.